The van der Waals surface area contributed by atoms with Crippen molar-refractivity contribution in [3.05, 3.63) is 105 Å². The molecule has 4 heterocycles. The molecule has 0 radical (unpaired) electrons. The first-order valence-corrected chi connectivity index (χ1v) is 12.3. The van der Waals surface area contributed by atoms with Crippen molar-refractivity contribution < 1.29 is 9.21 Å². The molecular formula is C26H22N4O3S2. The van der Waals surface area contributed by atoms with Crippen LogP contribution in [0.25, 0.3) is 11.7 Å². The number of carbonyl (C=O) groups excluding carboxylic acids is 1. The maximum atomic E-state index is 13.5. The highest BCUT2D eigenvalue weighted by Gasteiger charge is 2.36. The van der Waals surface area contributed by atoms with Crippen LogP contribution >= 0.6 is 24.0 Å². The van der Waals surface area contributed by atoms with E-state index in [9.17, 15) is 9.59 Å². The van der Waals surface area contributed by atoms with Gasteiger partial charge < -0.3 is 9.73 Å². The monoisotopic (exact) mass is 502 g/mol. The van der Waals surface area contributed by atoms with Crippen LogP contribution in [0.3, 0.4) is 0 Å². The number of fused-ring (bicyclic) bond motifs is 1. The van der Waals surface area contributed by atoms with Gasteiger partial charge in [-0.15, -0.1) is 0 Å². The number of nitrogens with one attached hydrogen (secondary N) is 1. The molecule has 1 aromatic carbocycles. The van der Waals surface area contributed by atoms with Crippen molar-refractivity contribution >= 4 is 51.7 Å². The summed E-state index contributed by atoms with van der Waals surface area (Å²) in [7, 11) is 0. The number of anilines is 1. The molecule has 4 aromatic rings. The minimum Gasteiger partial charge on any atom is -0.467 e. The Labute approximate surface area is 211 Å². The van der Waals surface area contributed by atoms with E-state index in [-0.39, 0.29) is 23.1 Å². The molecule has 1 amide bonds. The van der Waals surface area contributed by atoms with E-state index in [1.807, 2.05) is 56.3 Å². The Morgan fingerprint density at radius 3 is 2.69 bits per heavy atom. The summed E-state index contributed by atoms with van der Waals surface area (Å²) in [6, 6.07) is 16.8. The van der Waals surface area contributed by atoms with Gasteiger partial charge in [0.15, 0.2) is 0 Å². The second kappa shape index (κ2) is 9.52. The van der Waals surface area contributed by atoms with Gasteiger partial charge in [-0.3, -0.25) is 18.9 Å². The number of aryl methyl sites for hydroxylation is 1. The van der Waals surface area contributed by atoms with Crippen LogP contribution in [-0.4, -0.2) is 24.5 Å². The number of hydrogen-bond acceptors (Lipinski definition) is 7. The first-order chi connectivity index (χ1) is 16.9. The SMILES string of the molecule is Cc1ccc2nc(NCc3ccco3)c(C=C3SC(=S)N(C(C)c4ccccc4)C3=O)c(=O)n2c1. The van der Waals surface area contributed by atoms with E-state index in [4.69, 9.17) is 16.6 Å². The van der Waals surface area contributed by atoms with Crippen molar-refractivity contribution in [2.75, 3.05) is 5.32 Å². The summed E-state index contributed by atoms with van der Waals surface area (Å²) in [6.45, 7) is 4.19. The molecule has 0 saturated carbocycles. The zero-order chi connectivity index (χ0) is 24.5. The topological polar surface area (TPSA) is 79.8 Å². The Morgan fingerprint density at radius 2 is 1.94 bits per heavy atom. The normalized spacial score (nSPS) is 15.8. The molecule has 1 atom stereocenters. The van der Waals surface area contributed by atoms with Crippen LogP contribution in [0, 0.1) is 6.92 Å². The Hall–Kier alpha value is -3.69. The number of thiocarbonyl (C=S) groups is 1. The lowest BCUT2D eigenvalue weighted by atomic mass is 10.1. The van der Waals surface area contributed by atoms with E-state index in [1.54, 1.807) is 35.6 Å². The van der Waals surface area contributed by atoms with Gasteiger partial charge in [-0.25, -0.2) is 4.98 Å². The van der Waals surface area contributed by atoms with E-state index in [2.05, 4.69) is 10.3 Å². The summed E-state index contributed by atoms with van der Waals surface area (Å²) in [5, 5.41) is 3.19. The Morgan fingerprint density at radius 1 is 1.14 bits per heavy atom. The Bertz CT molecular complexity index is 1510. The molecule has 5 rings (SSSR count). The number of rotatable bonds is 6. The number of amides is 1. The summed E-state index contributed by atoms with van der Waals surface area (Å²) < 4.78 is 7.35. The molecule has 0 bridgehead atoms. The summed E-state index contributed by atoms with van der Waals surface area (Å²) in [5.74, 6) is 0.837. The second-order valence-electron chi connectivity index (χ2n) is 8.19. The van der Waals surface area contributed by atoms with Crippen LogP contribution in [0.15, 0.2) is 81.2 Å². The number of pyridine rings is 1. The van der Waals surface area contributed by atoms with Crippen molar-refractivity contribution in [2.24, 2.45) is 0 Å². The third kappa shape index (κ3) is 4.52. The van der Waals surface area contributed by atoms with E-state index < -0.39 is 0 Å². The summed E-state index contributed by atoms with van der Waals surface area (Å²) in [5.41, 5.74) is 2.42. The fourth-order valence-electron chi connectivity index (χ4n) is 3.93. The van der Waals surface area contributed by atoms with Crippen molar-refractivity contribution in [3.63, 3.8) is 0 Å². The lowest BCUT2D eigenvalue weighted by Gasteiger charge is -2.23. The number of thioether (sulfide) groups is 1. The molecular weight excluding hydrogens is 480 g/mol. The largest absolute Gasteiger partial charge is 0.467 e. The number of aromatic nitrogens is 2. The summed E-state index contributed by atoms with van der Waals surface area (Å²) in [4.78, 5) is 33.6. The molecule has 176 valence electrons. The summed E-state index contributed by atoms with van der Waals surface area (Å²) in [6.07, 6.45) is 4.91. The van der Waals surface area contributed by atoms with Gasteiger partial charge in [-0.05, 0) is 49.2 Å². The fraction of sp³-hybridized carbons (Fsp3) is 0.154. The highest BCUT2D eigenvalue weighted by molar-refractivity contribution is 8.26. The van der Waals surface area contributed by atoms with Crippen molar-refractivity contribution in [2.45, 2.75) is 26.4 Å². The molecule has 1 fully saturated rings. The van der Waals surface area contributed by atoms with Gasteiger partial charge in [0.1, 0.15) is 21.5 Å². The average Bonchev–Trinajstić information content (AvgIpc) is 3.48. The van der Waals surface area contributed by atoms with Crippen LogP contribution in [0.2, 0.25) is 0 Å². The van der Waals surface area contributed by atoms with E-state index in [1.165, 1.54) is 16.2 Å². The molecule has 0 spiro atoms. The third-order valence-corrected chi connectivity index (χ3v) is 7.11. The van der Waals surface area contributed by atoms with Gasteiger partial charge in [0.05, 0.1) is 29.3 Å². The number of benzene rings is 1. The lowest BCUT2D eigenvalue weighted by Crippen LogP contribution is -2.31. The number of carbonyl (C=O) groups is 1. The van der Waals surface area contributed by atoms with Crippen molar-refractivity contribution in [1.29, 1.82) is 0 Å². The molecule has 35 heavy (non-hydrogen) atoms. The van der Waals surface area contributed by atoms with Gasteiger partial charge in [0.25, 0.3) is 11.5 Å². The Balaban J connectivity index is 1.56. The molecule has 7 nitrogen and oxygen atoms in total. The van der Waals surface area contributed by atoms with Crippen LogP contribution < -0.4 is 10.9 Å². The molecule has 9 heteroatoms. The number of hydrogen-bond donors (Lipinski definition) is 1. The van der Waals surface area contributed by atoms with Gasteiger partial charge in [0.2, 0.25) is 0 Å². The van der Waals surface area contributed by atoms with Crippen LogP contribution in [-0.2, 0) is 11.3 Å². The maximum absolute atomic E-state index is 13.5. The highest BCUT2D eigenvalue weighted by atomic mass is 32.2. The molecule has 0 aliphatic carbocycles. The zero-order valence-electron chi connectivity index (χ0n) is 19.1. The van der Waals surface area contributed by atoms with Gasteiger partial charge in [0, 0.05) is 6.20 Å². The van der Waals surface area contributed by atoms with Crippen LogP contribution in [0.1, 0.15) is 35.4 Å². The molecule has 3 aromatic heterocycles. The van der Waals surface area contributed by atoms with Crippen LogP contribution in [0.4, 0.5) is 5.82 Å². The number of furan rings is 1. The standard InChI is InChI=1S/C26H22N4O3S2/c1-16-10-11-22-28-23(27-14-19-9-6-12-33-19)20(24(31)29(22)15-16)13-21-25(32)30(26(34)35-21)17(2)18-7-4-3-5-8-18/h3-13,15,17,27H,14H2,1-2H3. The maximum Gasteiger partial charge on any atom is 0.267 e. The van der Waals surface area contributed by atoms with E-state index >= 15 is 0 Å². The predicted molar refractivity (Wildman–Crippen MR) is 142 cm³/mol. The van der Waals surface area contributed by atoms with Gasteiger partial charge in [-0.1, -0.05) is 60.4 Å². The third-order valence-electron chi connectivity index (χ3n) is 5.78. The zero-order valence-corrected chi connectivity index (χ0v) is 20.7. The second-order valence-corrected chi connectivity index (χ2v) is 9.86. The Kier molecular flexibility index (Phi) is 6.27. The first kappa shape index (κ1) is 23.1. The highest BCUT2D eigenvalue weighted by Crippen LogP contribution is 2.38. The molecule has 1 unspecified atom stereocenters. The summed E-state index contributed by atoms with van der Waals surface area (Å²) >= 11 is 6.74. The molecule has 1 aliphatic heterocycles. The lowest BCUT2D eigenvalue weighted by molar-refractivity contribution is -0.123. The van der Waals surface area contributed by atoms with Crippen molar-refractivity contribution in [3.8, 4) is 0 Å². The minimum atomic E-state index is -0.276. The molecule has 1 aliphatic rings. The quantitative estimate of drug-likeness (QED) is 0.288. The van der Waals surface area contributed by atoms with Crippen LogP contribution in [0.5, 0.6) is 0 Å². The van der Waals surface area contributed by atoms with Gasteiger partial charge in [-0.2, -0.15) is 0 Å². The number of nitrogens with zero attached hydrogens (tertiary/aromatic N) is 3. The molecule has 1 N–H and O–H groups in total. The average molecular weight is 503 g/mol. The van der Waals surface area contributed by atoms with E-state index in [0.717, 1.165) is 11.1 Å². The van der Waals surface area contributed by atoms with E-state index in [0.29, 0.717) is 33.0 Å². The first-order valence-electron chi connectivity index (χ1n) is 11.0. The fourth-order valence-corrected chi connectivity index (χ4v) is 5.33. The van der Waals surface area contributed by atoms with Gasteiger partial charge >= 0.3 is 0 Å². The predicted octanol–water partition coefficient (Wildman–Crippen LogP) is 5.17. The molecule has 1 saturated heterocycles. The smallest absolute Gasteiger partial charge is 0.267 e. The van der Waals surface area contributed by atoms with Crippen molar-refractivity contribution in [1.82, 2.24) is 14.3 Å². The minimum absolute atomic E-state index is 0.232.